The van der Waals surface area contributed by atoms with Crippen molar-refractivity contribution in [2.45, 2.75) is 45.7 Å². The summed E-state index contributed by atoms with van der Waals surface area (Å²) in [6.07, 6.45) is 2.97. The molecule has 1 aromatic rings. The highest BCUT2D eigenvalue weighted by Crippen LogP contribution is 2.19. The lowest BCUT2D eigenvalue weighted by Crippen LogP contribution is -2.44. The molecule has 4 nitrogen and oxygen atoms in total. The highest BCUT2D eigenvalue weighted by molar-refractivity contribution is 5.79. The highest BCUT2D eigenvalue weighted by atomic mass is 16.5. The van der Waals surface area contributed by atoms with Crippen molar-refractivity contribution >= 4 is 5.91 Å². The molecule has 0 aromatic heterocycles. The molecule has 1 fully saturated rings. The van der Waals surface area contributed by atoms with E-state index in [2.05, 4.69) is 41.4 Å². The Morgan fingerprint density at radius 3 is 2.43 bits per heavy atom. The minimum absolute atomic E-state index is 0.0857. The van der Waals surface area contributed by atoms with Crippen LogP contribution in [-0.2, 0) is 22.5 Å². The fraction of sp³-hybridized carbons (Fsp3) is 0.632. The predicted octanol–water partition coefficient (Wildman–Crippen LogP) is 2.61. The summed E-state index contributed by atoms with van der Waals surface area (Å²) in [5.41, 5.74) is 2.74. The van der Waals surface area contributed by atoms with Gasteiger partial charge in [-0.15, -0.1) is 0 Å². The Balaban J connectivity index is 1.75. The molecule has 1 atom stereocenters. The van der Waals surface area contributed by atoms with Crippen LogP contribution in [0.4, 0.5) is 0 Å². The maximum Gasteiger partial charge on any atom is 0.223 e. The van der Waals surface area contributed by atoms with Gasteiger partial charge in [-0.1, -0.05) is 31.2 Å². The van der Waals surface area contributed by atoms with E-state index in [1.54, 1.807) is 7.11 Å². The monoisotopic (exact) mass is 318 g/mol. The normalized spacial score (nSPS) is 17.9. The number of rotatable bonds is 7. The Labute approximate surface area is 140 Å². The maximum absolute atomic E-state index is 12.2. The lowest BCUT2D eigenvalue weighted by molar-refractivity contribution is -0.127. The van der Waals surface area contributed by atoms with E-state index >= 15 is 0 Å². The summed E-state index contributed by atoms with van der Waals surface area (Å²) in [6, 6.07) is 8.97. The average molecular weight is 318 g/mol. The van der Waals surface area contributed by atoms with Crippen LogP contribution in [0.1, 0.15) is 37.8 Å². The summed E-state index contributed by atoms with van der Waals surface area (Å²) in [5.74, 6) is 0.328. The molecule has 0 saturated carbocycles. The molecule has 0 spiro atoms. The number of carbonyl (C=O) groups is 1. The first-order valence-corrected chi connectivity index (χ1v) is 8.71. The van der Waals surface area contributed by atoms with E-state index in [-0.39, 0.29) is 17.9 Å². The van der Waals surface area contributed by atoms with Crippen LogP contribution in [-0.4, -0.2) is 43.7 Å². The number of likely N-dealkylation sites (tertiary alicyclic amines) is 1. The summed E-state index contributed by atoms with van der Waals surface area (Å²) in [7, 11) is 1.66. The van der Waals surface area contributed by atoms with Gasteiger partial charge in [-0.05, 0) is 50.4 Å². The zero-order valence-corrected chi connectivity index (χ0v) is 14.7. The topological polar surface area (TPSA) is 41.6 Å². The smallest absolute Gasteiger partial charge is 0.223 e. The van der Waals surface area contributed by atoms with Crippen LogP contribution < -0.4 is 5.32 Å². The molecular formula is C19H30N2O2. The van der Waals surface area contributed by atoms with Crippen LogP contribution in [0.15, 0.2) is 24.3 Å². The second-order valence-electron chi connectivity index (χ2n) is 6.59. The predicted molar refractivity (Wildman–Crippen MR) is 93.3 cm³/mol. The number of nitrogens with one attached hydrogen (secondary N) is 1. The molecule has 1 amide bonds. The third-order valence-electron chi connectivity index (χ3n) is 4.60. The number of piperidine rings is 1. The third kappa shape index (κ3) is 5.63. The number of nitrogens with zero attached hydrogens (tertiary/aromatic N) is 1. The van der Waals surface area contributed by atoms with E-state index < -0.39 is 0 Å². The number of carbonyl (C=O) groups excluding carboxylic acids is 1. The molecule has 23 heavy (non-hydrogen) atoms. The van der Waals surface area contributed by atoms with Gasteiger partial charge in [0.25, 0.3) is 0 Å². The maximum atomic E-state index is 12.2. The molecule has 0 radical (unpaired) electrons. The van der Waals surface area contributed by atoms with Crippen LogP contribution in [0.2, 0.25) is 0 Å². The SMILES string of the molecule is CCc1ccc(CN2CCC(C(=O)NC(C)COC)CC2)cc1. The number of amides is 1. The molecule has 1 unspecified atom stereocenters. The van der Waals surface area contributed by atoms with Gasteiger partial charge in [-0.25, -0.2) is 0 Å². The number of methoxy groups -OCH3 is 1. The number of ether oxygens (including phenoxy) is 1. The highest BCUT2D eigenvalue weighted by Gasteiger charge is 2.25. The van der Waals surface area contributed by atoms with Crippen LogP contribution in [0.5, 0.6) is 0 Å². The lowest BCUT2D eigenvalue weighted by atomic mass is 9.95. The van der Waals surface area contributed by atoms with E-state index in [1.165, 1.54) is 11.1 Å². The summed E-state index contributed by atoms with van der Waals surface area (Å²) >= 11 is 0. The molecule has 1 heterocycles. The van der Waals surface area contributed by atoms with Crippen molar-refractivity contribution in [1.29, 1.82) is 0 Å². The van der Waals surface area contributed by atoms with Crippen LogP contribution >= 0.6 is 0 Å². The van der Waals surface area contributed by atoms with Crippen molar-refractivity contribution < 1.29 is 9.53 Å². The van der Waals surface area contributed by atoms with E-state index in [0.717, 1.165) is 38.9 Å². The van der Waals surface area contributed by atoms with Crippen molar-refractivity contribution in [1.82, 2.24) is 10.2 Å². The summed E-state index contributed by atoms with van der Waals surface area (Å²) in [4.78, 5) is 14.7. The Morgan fingerprint density at radius 1 is 1.26 bits per heavy atom. The van der Waals surface area contributed by atoms with Gasteiger partial charge in [0.05, 0.1) is 6.61 Å². The number of hydrogen-bond donors (Lipinski definition) is 1. The van der Waals surface area contributed by atoms with Gasteiger partial charge < -0.3 is 10.1 Å². The Kier molecular flexibility index (Phi) is 7.06. The molecule has 4 heteroatoms. The van der Waals surface area contributed by atoms with Gasteiger partial charge in [-0.3, -0.25) is 9.69 Å². The Morgan fingerprint density at radius 2 is 1.87 bits per heavy atom. The van der Waals surface area contributed by atoms with Crippen LogP contribution in [0.25, 0.3) is 0 Å². The van der Waals surface area contributed by atoms with Crippen molar-refractivity contribution in [2.24, 2.45) is 5.92 Å². The van der Waals surface area contributed by atoms with Gasteiger partial charge in [0, 0.05) is 25.6 Å². The molecule has 1 N–H and O–H groups in total. The first-order valence-electron chi connectivity index (χ1n) is 8.71. The molecule has 1 aliphatic rings. The van der Waals surface area contributed by atoms with Crippen molar-refractivity contribution in [3.05, 3.63) is 35.4 Å². The molecule has 0 aliphatic carbocycles. The first kappa shape index (κ1) is 18.0. The lowest BCUT2D eigenvalue weighted by Gasteiger charge is -2.31. The number of aryl methyl sites for hydroxylation is 1. The number of benzene rings is 1. The first-order chi connectivity index (χ1) is 11.1. The van der Waals surface area contributed by atoms with Crippen LogP contribution in [0.3, 0.4) is 0 Å². The minimum Gasteiger partial charge on any atom is -0.383 e. The van der Waals surface area contributed by atoms with Gasteiger partial charge in [0.1, 0.15) is 0 Å². The Hall–Kier alpha value is -1.39. The third-order valence-corrected chi connectivity index (χ3v) is 4.60. The van der Waals surface area contributed by atoms with Gasteiger partial charge in [0.15, 0.2) is 0 Å². The van der Waals surface area contributed by atoms with Gasteiger partial charge in [0.2, 0.25) is 5.91 Å². The molecular weight excluding hydrogens is 288 g/mol. The summed E-state index contributed by atoms with van der Waals surface area (Å²) in [5, 5.41) is 3.05. The molecule has 1 aliphatic heterocycles. The standard InChI is InChI=1S/C19H30N2O2/c1-4-16-5-7-17(8-6-16)13-21-11-9-18(10-12-21)19(22)20-15(2)14-23-3/h5-8,15,18H,4,9-14H2,1-3H3,(H,20,22). The largest absolute Gasteiger partial charge is 0.383 e. The van der Waals surface area contributed by atoms with E-state index in [9.17, 15) is 4.79 Å². The van der Waals surface area contributed by atoms with Crippen molar-refractivity contribution in [3.8, 4) is 0 Å². The summed E-state index contributed by atoms with van der Waals surface area (Å²) < 4.78 is 5.07. The van der Waals surface area contributed by atoms with E-state index in [1.807, 2.05) is 6.92 Å². The second-order valence-corrected chi connectivity index (χ2v) is 6.59. The Bertz CT molecular complexity index is 479. The van der Waals surface area contributed by atoms with Gasteiger partial charge >= 0.3 is 0 Å². The molecule has 1 aromatic carbocycles. The second kappa shape index (κ2) is 9.04. The summed E-state index contributed by atoms with van der Waals surface area (Å²) in [6.45, 7) is 7.70. The molecule has 2 rings (SSSR count). The molecule has 0 bridgehead atoms. The molecule has 128 valence electrons. The van der Waals surface area contributed by atoms with Crippen molar-refractivity contribution in [3.63, 3.8) is 0 Å². The van der Waals surface area contributed by atoms with Crippen molar-refractivity contribution in [2.75, 3.05) is 26.8 Å². The zero-order valence-electron chi connectivity index (χ0n) is 14.7. The van der Waals surface area contributed by atoms with Gasteiger partial charge in [-0.2, -0.15) is 0 Å². The number of hydrogen-bond acceptors (Lipinski definition) is 3. The fourth-order valence-electron chi connectivity index (χ4n) is 3.14. The minimum atomic E-state index is 0.0857. The van der Waals surface area contributed by atoms with Crippen LogP contribution in [0, 0.1) is 5.92 Å². The average Bonchev–Trinajstić information content (AvgIpc) is 2.56. The van der Waals surface area contributed by atoms with E-state index in [0.29, 0.717) is 6.61 Å². The zero-order chi connectivity index (χ0) is 16.7. The fourth-order valence-corrected chi connectivity index (χ4v) is 3.14. The molecule has 1 saturated heterocycles. The quantitative estimate of drug-likeness (QED) is 0.840. The van der Waals surface area contributed by atoms with E-state index in [4.69, 9.17) is 4.74 Å².